The highest BCUT2D eigenvalue weighted by Gasteiger charge is 2.39. The van der Waals surface area contributed by atoms with E-state index in [4.69, 9.17) is 4.74 Å². The molecule has 4 N–H and O–H groups in total. The van der Waals surface area contributed by atoms with Gasteiger partial charge in [-0.1, -0.05) is 86.6 Å². The van der Waals surface area contributed by atoms with Crippen molar-refractivity contribution in [1.29, 1.82) is 0 Å². The quantitative estimate of drug-likeness (QED) is 0.323. The predicted octanol–water partition coefficient (Wildman–Crippen LogP) is 3.07. The van der Waals surface area contributed by atoms with Crippen LogP contribution in [0, 0.1) is 5.92 Å². The summed E-state index contributed by atoms with van der Waals surface area (Å²) in [7, 11) is 3.62. The van der Waals surface area contributed by atoms with Gasteiger partial charge >= 0.3 is 0 Å². The molecular weight excluding hydrogens is 544 g/mol. The third-order valence-corrected chi connectivity index (χ3v) is 7.45. The van der Waals surface area contributed by atoms with Crippen LogP contribution in [0.4, 0.5) is 0 Å². The zero-order valence-electron chi connectivity index (χ0n) is 24.9. The van der Waals surface area contributed by atoms with Crippen LogP contribution in [0.15, 0.2) is 91.1 Å². The fraction of sp³-hybridized carbons (Fsp3) is 0.324. The van der Waals surface area contributed by atoms with E-state index in [9.17, 15) is 19.5 Å². The van der Waals surface area contributed by atoms with Gasteiger partial charge in [-0.3, -0.25) is 19.3 Å². The second-order valence-electron chi connectivity index (χ2n) is 11.2. The summed E-state index contributed by atoms with van der Waals surface area (Å²) in [5.41, 5.74) is 2.24. The van der Waals surface area contributed by atoms with Crippen LogP contribution >= 0.6 is 0 Å². The van der Waals surface area contributed by atoms with Crippen LogP contribution in [-0.2, 0) is 20.8 Å². The Morgan fingerprint density at radius 3 is 2.16 bits per heavy atom. The molecule has 0 spiro atoms. The maximum absolute atomic E-state index is 14.1. The van der Waals surface area contributed by atoms with Crippen molar-refractivity contribution in [3.63, 3.8) is 0 Å². The lowest BCUT2D eigenvalue weighted by Crippen LogP contribution is -2.62. The molecule has 2 heterocycles. The first-order valence-corrected chi connectivity index (χ1v) is 14.4. The number of aliphatic hydroxyl groups is 1. The Kier molecular flexibility index (Phi) is 10.7. The summed E-state index contributed by atoms with van der Waals surface area (Å²) in [6.07, 6.45) is 1.44. The lowest BCUT2D eigenvalue weighted by atomic mass is 9.95. The van der Waals surface area contributed by atoms with Crippen LogP contribution in [0.3, 0.4) is 0 Å². The Balaban J connectivity index is 1.72. The molecule has 9 nitrogen and oxygen atoms in total. The van der Waals surface area contributed by atoms with Gasteiger partial charge in [-0.05, 0) is 61.3 Å². The summed E-state index contributed by atoms with van der Waals surface area (Å²) in [6, 6.07) is 22.3. The number of carbonyl (C=O) groups is 3. The molecule has 3 aromatic rings. The molecular formula is C34H40N4O5. The summed E-state index contributed by atoms with van der Waals surface area (Å²) < 4.78 is 6.35. The van der Waals surface area contributed by atoms with E-state index < -0.39 is 42.1 Å². The standard InChI is InChI=1S/C34H40N4O5/c1-22(2)31-29(37-32(40)27(38(3)4)21-24-11-7-5-8-12-24)34(42)36-28(30(39)25-13-9-6-10-14-25)33(41)35-20-19-23-15-17-26(43-31)18-16-23/h5-20,22,27-31,39H,21H2,1-4H3,(H,35,41)(H,36,42)(H,37,40)/t27-,28-,29-,30-,31-/m0/s1. The van der Waals surface area contributed by atoms with Crippen LogP contribution in [0.5, 0.6) is 5.75 Å². The summed E-state index contributed by atoms with van der Waals surface area (Å²) in [5, 5.41) is 19.6. The van der Waals surface area contributed by atoms with Gasteiger partial charge < -0.3 is 25.8 Å². The SMILES string of the molecule is CC(C)[C@@H]1Oc2ccc(cc2)C=CNC(=O)[C@H]([C@@H](O)c2ccccc2)NC(=O)[C@H]1NC(=O)[C@H](Cc1ccccc1)N(C)C. The van der Waals surface area contributed by atoms with Crippen LogP contribution in [0.1, 0.15) is 36.6 Å². The van der Waals surface area contributed by atoms with Crippen molar-refractivity contribution in [3.8, 4) is 5.75 Å². The zero-order valence-corrected chi connectivity index (χ0v) is 24.9. The number of ether oxygens (including phenoxy) is 1. The minimum absolute atomic E-state index is 0.221. The first-order chi connectivity index (χ1) is 20.6. The molecule has 0 aliphatic carbocycles. The molecule has 0 fully saturated rings. The summed E-state index contributed by atoms with van der Waals surface area (Å²) in [5.74, 6) is -1.33. The Morgan fingerprint density at radius 1 is 0.930 bits per heavy atom. The van der Waals surface area contributed by atoms with Gasteiger partial charge in [-0.2, -0.15) is 0 Å². The van der Waals surface area contributed by atoms with E-state index in [0.717, 1.165) is 11.1 Å². The number of nitrogens with one attached hydrogen (secondary N) is 3. The van der Waals surface area contributed by atoms with Crippen molar-refractivity contribution in [2.24, 2.45) is 5.92 Å². The molecule has 3 aromatic carbocycles. The number of fused-ring (bicyclic) bond motifs is 10. The van der Waals surface area contributed by atoms with Crippen LogP contribution < -0.4 is 20.7 Å². The fourth-order valence-corrected chi connectivity index (χ4v) is 4.98. The van der Waals surface area contributed by atoms with Gasteiger partial charge in [0.1, 0.15) is 30.0 Å². The van der Waals surface area contributed by atoms with E-state index in [2.05, 4.69) is 16.0 Å². The van der Waals surface area contributed by atoms with E-state index in [1.807, 2.05) is 70.4 Å². The highest BCUT2D eigenvalue weighted by molar-refractivity contribution is 5.94. The number of nitrogens with zero attached hydrogens (tertiary/aromatic N) is 1. The van der Waals surface area contributed by atoms with Crippen molar-refractivity contribution in [1.82, 2.24) is 20.9 Å². The van der Waals surface area contributed by atoms with Crippen LogP contribution in [-0.4, -0.2) is 66.1 Å². The van der Waals surface area contributed by atoms with Crippen molar-refractivity contribution in [2.75, 3.05) is 14.1 Å². The minimum atomic E-state index is -1.36. The average molecular weight is 585 g/mol. The van der Waals surface area contributed by atoms with Gasteiger partial charge in [0.25, 0.3) is 0 Å². The Labute approximate surface area is 252 Å². The second kappa shape index (κ2) is 14.6. The van der Waals surface area contributed by atoms with Gasteiger partial charge in [0.2, 0.25) is 17.7 Å². The molecule has 226 valence electrons. The number of benzene rings is 3. The Morgan fingerprint density at radius 2 is 1.56 bits per heavy atom. The summed E-state index contributed by atoms with van der Waals surface area (Å²) in [6.45, 7) is 3.79. The van der Waals surface area contributed by atoms with Crippen LogP contribution in [0.25, 0.3) is 6.08 Å². The molecule has 3 amide bonds. The lowest BCUT2D eigenvalue weighted by Gasteiger charge is -2.34. The van der Waals surface area contributed by atoms with Crippen molar-refractivity contribution < 1.29 is 24.2 Å². The molecule has 0 radical (unpaired) electrons. The molecule has 9 heteroatoms. The van der Waals surface area contributed by atoms with Gasteiger partial charge in [0.05, 0.1) is 6.04 Å². The Hall–Kier alpha value is -4.47. The molecule has 5 rings (SSSR count). The molecule has 0 saturated heterocycles. The number of amides is 3. The lowest BCUT2D eigenvalue weighted by molar-refractivity contribution is -0.137. The highest BCUT2D eigenvalue weighted by Crippen LogP contribution is 2.22. The van der Waals surface area contributed by atoms with Gasteiger partial charge in [0.15, 0.2) is 0 Å². The topological polar surface area (TPSA) is 120 Å². The Bertz CT molecular complexity index is 1390. The number of aliphatic hydroxyl groups excluding tert-OH is 1. The van der Waals surface area contributed by atoms with Gasteiger partial charge in [-0.15, -0.1) is 0 Å². The molecule has 0 saturated carbocycles. The number of rotatable bonds is 8. The van der Waals surface area contributed by atoms with E-state index in [1.54, 1.807) is 53.4 Å². The first-order valence-electron chi connectivity index (χ1n) is 14.4. The van der Waals surface area contributed by atoms with Gasteiger partial charge in [-0.25, -0.2) is 0 Å². The highest BCUT2D eigenvalue weighted by atomic mass is 16.5. The number of hydrogen-bond acceptors (Lipinski definition) is 6. The molecule has 0 aromatic heterocycles. The predicted molar refractivity (Wildman–Crippen MR) is 166 cm³/mol. The van der Waals surface area contributed by atoms with E-state index >= 15 is 0 Å². The third-order valence-electron chi connectivity index (χ3n) is 7.45. The minimum Gasteiger partial charge on any atom is -0.487 e. The van der Waals surface area contributed by atoms with Crippen LogP contribution in [0.2, 0.25) is 0 Å². The maximum Gasteiger partial charge on any atom is 0.249 e. The molecule has 0 unspecified atom stereocenters. The van der Waals surface area contributed by atoms with Crippen molar-refractivity contribution in [3.05, 3.63) is 108 Å². The molecule has 5 atom stereocenters. The molecule has 2 aliphatic heterocycles. The largest absolute Gasteiger partial charge is 0.487 e. The molecule has 2 aliphatic rings. The smallest absolute Gasteiger partial charge is 0.249 e. The van der Waals surface area contributed by atoms with E-state index in [-0.39, 0.29) is 11.8 Å². The summed E-state index contributed by atoms with van der Waals surface area (Å²) >= 11 is 0. The van der Waals surface area contributed by atoms with E-state index in [0.29, 0.717) is 17.7 Å². The molecule has 43 heavy (non-hydrogen) atoms. The second-order valence-corrected chi connectivity index (χ2v) is 11.2. The average Bonchev–Trinajstić information content (AvgIpc) is 3.00. The monoisotopic (exact) mass is 584 g/mol. The van der Waals surface area contributed by atoms with Crippen molar-refractivity contribution in [2.45, 2.75) is 50.6 Å². The third kappa shape index (κ3) is 8.30. The van der Waals surface area contributed by atoms with Crippen molar-refractivity contribution >= 4 is 23.8 Å². The van der Waals surface area contributed by atoms with Gasteiger partial charge in [0, 0.05) is 6.20 Å². The number of hydrogen-bond donors (Lipinski definition) is 4. The number of likely N-dealkylation sites (N-methyl/N-ethyl adjacent to an activating group) is 1. The first kappa shape index (κ1) is 31.5. The number of carbonyl (C=O) groups excluding carboxylic acids is 3. The van der Waals surface area contributed by atoms with E-state index in [1.165, 1.54) is 6.20 Å². The molecule has 2 bridgehead atoms. The summed E-state index contributed by atoms with van der Waals surface area (Å²) in [4.78, 5) is 43.1. The maximum atomic E-state index is 14.1. The normalized spacial score (nSPS) is 20.5. The fourth-order valence-electron chi connectivity index (χ4n) is 4.98. The zero-order chi connectivity index (χ0) is 30.9.